The summed E-state index contributed by atoms with van der Waals surface area (Å²) >= 11 is 0. The molecule has 0 radical (unpaired) electrons. The smallest absolute Gasteiger partial charge is 0.184 e. The molecule has 3 heteroatoms. The van der Waals surface area contributed by atoms with Crippen LogP contribution < -0.4 is 0 Å². The number of hydrogen-bond donors (Lipinski definition) is 0. The third-order valence-corrected chi connectivity index (χ3v) is 6.32. The van der Waals surface area contributed by atoms with E-state index in [-0.39, 0.29) is 0 Å². The summed E-state index contributed by atoms with van der Waals surface area (Å²) in [6, 6.07) is 22.6. The molecule has 2 nitrogen and oxygen atoms in total. The van der Waals surface area contributed by atoms with E-state index < -0.39 is 8.32 Å². The van der Waals surface area contributed by atoms with Gasteiger partial charge < -0.3 is 8.91 Å². The van der Waals surface area contributed by atoms with Crippen molar-refractivity contribution in [1.29, 1.82) is 0 Å². The molecule has 2 aromatic carbocycles. The molecular formula is C23H34NOSi+. The zero-order valence-electron chi connectivity index (χ0n) is 16.8. The maximum absolute atomic E-state index is 6.66. The predicted octanol–water partition coefficient (Wildman–Crippen LogP) is 5.61. The number of rotatable bonds is 9. The van der Waals surface area contributed by atoms with Crippen LogP contribution in [0.2, 0.25) is 19.6 Å². The van der Waals surface area contributed by atoms with Crippen molar-refractivity contribution in [1.82, 2.24) is 0 Å². The average molecular weight is 369 g/mol. The molecule has 2 atom stereocenters. The van der Waals surface area contributed by atoms with Gasteiger partial charge in [-0.2, -0.15) is 0 Å². The van der Waals surface area contributed by atoms with Crippen molar-refractivity contribution in [3.8, 4) is 0 Å². The molecule has 0 aromatic heterocycles. The minimum Gasteiger partial charge on any atom is -0.408 e. The van der Waals surface area contributed by atoms with Crippen molar-refractivity contribution >= 4 is 8.32 Å². The van der Waals surface area contributed by atoms with Crippen molar-refractivity contribution in [2.75, 3.05) is 6.54 Å². The largest absolute Gasteiger partial charge is 0.408 e. The molecule has 3 rings (SSSR count). The van der Waals surface area contributed by atoms with Gasteiger partial charge in [-0.1, -0.05) is 74.0 Å². The van der Waals surface area contributed by atoms with E-state index in [0.717, 1.165) is 17.6 Å². The number of quaternary nitrogens is 1. The van der Waals surface area contributed by atoms with Gasteiger partial charge in [0.15, 0.2) is 14.4 Å². The van der Waals surface area contributed by atoms with Crippen LogP contribution in [0.15, 0.2) is 60.7 Å². The Kier molecular flexibility index (Phi) is 6.01. The second-order valence-electron chi connectivity index (χ2n) is 8.81. The molecule has 0 saturated carbocycles. The maximum Gasteiger partial charge on any atom is 0.184 e. The van der Waals surface area contributed by atoms with Crippen LogP contribution in [0.25, 0.3) is 0 Å². The van der Waals surface area contributed by atoms with Gasteiger partial charge in [-0.3, -0.25) is 0 Å². The minimum atomic E-state index is -1.54. The van der Waals surface area contributed by atoms with Crippen molar-refractivity contribution in [3.63, 3.8) is 0 Å². The van der Waals surface area contributed by atoms with Crippen LogP contribution in [-0.4, -0.2) is 31.5 Å². The van der Waals surface area contributed by atoms with Gasteiger partial charge in [0.2, 0.25) is 0 Å². The first-order chi connectivity index (χ1) is 12.4. The molecule has 0 amide bonds. The highest BCUT2D eigenvalue weighted by molar-refractivity contribution is 6.69. The van der Waals surface area contributed by atoms with E-state index in [4.69, 9.17) is 4.43 Å². The highest BCUT2D eigenvalue weighted by Crippen LogP contribution is 2.41. The fraction of sp³-hybridized carbons (Fsp3) is 0.478. The van der Waals surface area contributed by atoms with Crippen LogP contribution in [0.4, 0.5) is 0 Å². The van der Waals surface area contributed by atoms with Gasteiger partial charge in [0, 0.05) is 11.1 Å². The molecule has 1 saturated heterocycles. The second kappa shape index (κ2) is 8.08. The lowest BCUT2D eigenvalue weighted by molar-refractivity contribution is -0.844. The molecule has 1 fully saturated rings. The van der Waals surface area contributed by atoms with Gasteiger partial charge in [0.1, 0.15) is 25.7 Å². The maximum atomic E-state index is 6.66. The first-order valence-corrected chi connectivity index (χ1v) is 13.4. The Hall–Kier alpha value is -1.42. The summed E-state index contributed by atoms with van der Waals surface area (Å²) < 4.78 is 7.80. The summed E-state index contributed by atoms with van der Waals surface area (Å²) in [7, 11) is -1.54. The first-order valence-electron chi connectivity index (χ1n) is 10.0. The molecule has 1 heterocycles. The fourth-order valence-electron chi connectivity index (χ4n) is 4.18. The van der Waals surface area contributed by atoms with Gasteiger partial charge in [-0.25, -0.2) is 0 Å². The van der Waals surface area contributed by atoms with Crippen LogP contribution in [0.5, 0.6) is 0 Å². The standard InChI is InChI=1S/C23H34NOSi/c1-5-12-23(25-26(2,3)4)22-19-24(22,17-20-13-8-6-9-14-20)18-21-15-10-7-11-16-21/h6-11,13-16,22-23H,5,12,17-19H2,1-4H3/q+1/t22-,23+/m0/s1. The van der Waals surface area contributed by atoms with Crippen molar-refractivity contribution in [2.24, 2.45) is 0 Å². The zero-order chi connectivity index (χ0) is 18.6. The summed E-state index contributed by atoms with van der Waals surface area (Å²) in [5.41, 5.74) is 2.88. The van der Waals surface area contributed by atoms with Crippen LogP contribution in [0.3, 0.4) is 0 Å². The first kappa shape index (κ1) is 19.3. The van der Waals surface area contributed by atoms with Crippen molar-refractivity contribution < 1.29 is 8.91 Å². The Morgan fingerprint density at radius 1 is 0.923 bits per heavy atom. The lowest BCUT2D eigenvalue weighted by atomic mass is 10.1. The molecule has 0 spiro atoms. The fourth-order valence-corrected chi connectivity index (χ4v) is 5.36. The molecular weight excluding hydrogens is 334 g/mol. The molecule has 0 unspecified atom stereocenters. The van der Waals surface area contributed by atoms with E-state index in [1.165, 1.54) is 30.5 Å². The average Bonchev–Trinajstić information content (AvgIpc) is 3.28. The highest BCUT2D eigenvalue weighted by atomic mass is 28.4. The van der Waals surface area contributed by atoms with Gasteiger partial charge in [0.25, 0.3) is 0 Å². The van der Waals surface area contributed by atoms with Gasteiger partial charge in [-0.15, -0.1) is 0 Å². The third-order valence-electron chi connectivity index (χ3n) is 5.31. The normalized spacial score (nSPS) is 19.9. The number of nitrogens with zero attached hydrogens (tertiary/aromatic N) is 1. The van der Waals surface area contributed by atoms with Crippen molar-refractivity contribution in [2.45, 2.75) is 64.6 Å². The summed E-state index contributed by atoms with van der Waals surface area (Å²) in [4.78, 5) is 0. The van der Waals surface area contributed by atoms with E-state index in [2.05, 4.69) is 87.2 Å². The molecule has 0 aliphatic carbocycles. The van der Waals surface area contributed by atoms with E-state index in [1.807, 2.05) is 0 Å². The highest BCUT2D eigenvalue weighted by Gasteiger charge is 2.59. The Balaban J connectivity index is 1.82. The van der Waals surface area contributed by atoms with E-state index in [1.54, 1.807) is 0 Å². The number of benzene rings is 2. The van der Waals surface area contributed by atoms with Gasteiger partial charge >= 0.3 is 0 Å². The molecule has 140 valence electrons. The Bertz CT molecular complexity index is 639. The van der Waals surface area contributed by atoms with E-state index in [9.17, 15) is 0 Å². The Labute approximate surface area is 160 Å². The topological polar surface area (TPSA) is 9.23 Å². The zero-order valence-corrected chi connectivity index (χ0v) is 17.8. The van der Waals surface area contributed by atoms with Crippen LogP contribution in [-0.2, 0) is 17.5 Å². The Morgan fingerprint density at radius 3 is 1.85 bits per heavy atom. The molecule has 0 bridgehead atoms. The predicted molar refractivity (Wildman–Crippen MR) is 112 cm³/mol. The molecule has 0 N–H and O–H groups in total. The lowest BCUT2D eigenvalue weighted by Gasteiger charge is -2.29. The summed E-state index contributed by atoms with van der Waals surface area (Å²) in [5, 5.41) is 0. The molecule has 1 aliphatic rings. The second-order valence-corrected chi connectivity index (χ2v) is 13.3. The van der Waals surface area contributed by atoms with Crippen LogP contribution in [0.1, 0.15) is 30.9 Å². The summed E-state index contributed by atoms with van der Waals surface area (Å²) in [6.07, 6.45) is 2.78. The van der Waals surface area contributed by atoms with E-state index >= 15 is 0 Å². The van der Waals surface area contributed by atoms with Gasteiger partial charge in [0.05, 0.1) is 0 Å². The molecule has 2 aromatic rings. The number of hydrogen-bond acceptors (Lipinski definition) is 1. The summed E-state index contributed by atoms with van der Waals surface area (Å²) in [5.74, 6) is 0. The van der Waals surface area contributed by atoms with Crippen LogP contribution in [0, 0.1) is 0 Å². The lowest BCUT2D eigenvalue weighted by Crippen LogP contribution is -2.40. The molecule has 1 aliphatic heterocycles. The van der Waals surface area contributed by atoms with Gasteiger partial charge in [-0.05, 0) is 26.1 Å². The minimum absolute atomic E-state index is 0.402. The summed E-state index contributed by atoms with van der Waals surface area (Å²) in [6.45, 7) is 12.7. The molecule has 26 heavy (non-hydrogen) atoms. The van der Waals surface area contributed by atoms with E-state index in [0.29, 0.717) is 12.1 Å². The van der Waals surface area contributed by atoms with Crippen LogP contribution >= 0.6 is 0 Å². The monoisotopic (exact) mass is 368 g/mol. The Morgan fingerprint density at radius 2 is 1.42 bits per heavy atom. The SMILES string of the molecule is CCC[C@@H](O[Si](C)(C)C)[C@@H]1C[N+]1(Cc1ccccc1)Cc1ccccc1. The third kappa shape index (κ3) is 5.06. The van der Waals surface area contributed by atoms with Crippen molar-refractivity contribution in [3.05, 3.63) is 71.8 Å². The quantitative estimate of drug-likeness (QED) is 0.318.